The van der Waals surface area contributed by atoms with E-state index < -0.39 is 5.41 Å². The Bertz CT molecular complexity index is 8830. The van der Waals surface area contributed by atoms with E-state index in [1.807, 2.05) is 0 Å². The van der Waals surface area contributed by atoms with E-state index in [1.54, 1.807) is 0 Å². The Morgan fingerprint density at radius 3 is 1.05 bits per heavy atom. The molecule has 0 bridgehead atoms. The molecule has 3 aliphatic rings. The monoisotopic (exact) mass is 1600 g/mol. The van der Waals surface area contributed by atoms with Crippen molar-refractivity contribution in [1.82, 2.24) is 4.57 Å². The summed E-state index contributed by atoms with van der Waals surface area (Å²) in [5, 5.41) is 28.1. The highest BCUT2D eigenvalue weighted by Gasteiger charge is 2.52. The van der Waals surface area contributed by atoms with Crippen molar-refractivity contribution in [1.29, 1.82) is 0 Å². The van der Waals surface area contributed by atoms with E-state index in [2.05, 4.69) is 466 Å². The van der Waals surface area contributed by atoms with Crippen LogP contribution in [0.3, 0.4) is 0 Å². The van der Waals surface area contributed by atoms with Crippen LogP contribution in [0, 0.1) is 0 Å². The average molecular weight is 1610 g/mol. The maximum absolute atomic E-state index is 2.47. The highest BCUT2D eigenvalue weighted by molar-refractivity contribution is 6.30. The van der Waals surface area contributed by atoms with Crippen molar-refractivity contribution in [3.05, 3.63) is 500 Å². The summed E-state index contributed by atoms with van der Waals surface area (Å²) >= 11 is 0. The summed E-state index contributed by atoms with van der Waals surface area (Å²) in [6.45, 7) is 0. The molecule has 0 saturated heterocycles. The molecule has 0 saturated carbocycles. The third-order valence-electron chi connectivity index (χ3n) is 28.6. The number of benzene rings is 24. The van der Waals surface area contributed by atoms with Crippen LogP contribution in [0.15, 0.2) is 461 Å². The maximum atomic E-state index is 2.47. The standard InChI is InChI=1S/C70H42.C56H35N/c1-2-18-46-41-59-47(40-45(46)17-1)37-39-58-65(57-38-36-42-16-3-4-19-48(42)68(57)69(58)59)44-34-32-43(33-35-44)64-51-22-5-7-24-53(51)66(54-25-8-6-23-52(54)64)56-27-15-31-63-67(56)55-26-11-14-30-62(55)70(63)60-28-12-9-20-49(60)50-21-10-13-29-61(50)70;1-2-12-36(13-3-1)37-22-24-39(25-23-37)53-46-18-8-10-20-48(46)54(49-21-11-9-19-47(49)53)40-26-30-44(31-27-40)57-51-32-28-38-14-6-7-17-45(38)55(51)56-50-35-42-16-5-4-15-41(42)34-43(50)29-33-52(56)57/h1-41,65H;1-35H. The molecule has 3 aliphatic carbocycles. The second kappa shape index (κ2) is 27.8. The van der Waals surface area contributed by atoms with Gasteiger partial charge in [0, 0.05) is 22.4 Å². The molecule has 28 rings (SSSR count). The van der Waals surface area contributed by atoms with E-state index in [4.69, 9.17) is 0 Å². The van der Waals surface area contributed by atoms with Crippen molar-refractivity contribution >= 4 is 130 Å². The molecule has 0 radical (unpaired) electrons. The summed E-state index contributed by atoms with van der Waals surface area (Å²) < 4.78 is 2.47. The molecule has 1 aromatic heterocycles. The normalized spacial score (nSPS) is 13.3. The lowest BCUT2D eigenvalue weighted by atomic mass is 9.70. The Kier molecular flexibility index (Phi) is 15.6. The summed E-state index contributed by atoms with van der Waals surface area (Å²) in [4.78, 5) is 0. The zero-order valence-electron chi connectivity index (χ0n) is 69.4. The fraction of sp³-hybridized carbons (Fsp3) is 0.0159. The van der Waals surface area contributed by atoms with Gasteiger partial charge in [-0.2, -0.15) is 0 Å². The van der Waals surface area contributed by atoms with Crippen molar-refractivity contribution in [2.75, 3.05) is 0 Å². The van der Waals surface area contributed by atoms with Gasteiger partial charge in [-0.3, -0.25) is 0 Å². The Labute approximate surface area is 734 Å². The molecule has 0 fully saturated rings. The summed E-state index contributed by atoms with van der Waals surface area (Å²) in [5.74, 6) is 0.112. The average Bonchev–Trinajstić information content (AvgIpc) is 1.50. The predicted octanol–water partition coefficient (Wildman–Crippen LogP) is 33.8. The summed E-state index contributed by atoms with van der Waals surface area (Å²) in [7, 11) is 0. The van der Waals surface area contributed by atoms with Crippen LogP contribution in [-0.4, -0.2) is 4.57 Å². The third-order valence-corrected chi connectivity index (χ3v) is 28.6. The van der Waals surface area contributed by atoms with Gasteiger partial charge in [0.2, 0.25) is 0 Å². The molecule has 0 amide bonds. The maximum Gasteiger partial charge on any atom is 0.0725 e. The Morgan fingerprint density at radius 2 is 0.512 bits per heavy atom. The molecule has 25 aromatic rings. The fourth-order valence-electron chi connectivity index (χ4n) is 23.4. The van der Waals surface area contributed by atoms with E-state index in [0.29, 0.717) is 0 Å². The lowest BCUT2D eigenvalue weighted by Crippen LogP contribution is -2.25. The lowest BCUT2D eigenvalue weighted by Gasteiger charge is -2.30. The van der Waals surface area contributed by atoms with E-state index in [0.717, 1.165) is 5.69 Å². The van der Waals surface area contributed by atoms with Crippen molar-refractivity contribution in [3.63, 3.8) is 0 Å². The van der Waals surface area contributed by atoms with Crippen LogP contribution in [0.2, 0.25) is 0 Å². The van der Waals surface area contributed by atoms with E-state index in [1.165, 1.54) is 257 Å². The highest BCUT2D eigenvalue weighted by Crippen LogP contribution is 2.65. The number of hydrogen-bond donors (Lipinski definition) is 0. The third kappa shape index (κ3) is 10.5. The van der Waals surface area contributed by atoms with Crippen LogP contribution in [-0.2, 0) is 5.41 Å². The molecule has 1 nitrogen and oxygen atoms in total. The molecule has 1 unspecified atom stereocenters. The van der Waals surface area contributed by atoms with Crippen LogP contribution >= 0.6 is 0 Å². The molecule has 24 aromatic carbocycles. The molecule has 586 valence electrons. The zero-order valence-corrected chi connectivity index (χ0v) is 69.4. The molecule has 1 heterocycles. The number of nitrogens with zero attached hydrogens (tertiary/aromatic N) is 1. The first-order valence-electron chi connectivity index (χ1n) is 44.5. The largest absolute Gasteiger partial charge is 0.309 e. The van der Waals surface area contributed by atoms with Crippen LogP contribution in [0.4, 0.5) is 0 Å². The second-order valence-corrected chi connectivity index (χ2v) is 34.9. The van der Waals surface area contributed by atoms with Crippen molar-refractivity contribution in [2.45, 2.75) is 11.3 Å². The molecule has 1 heteroatoms. The van der Waals surface area contributed by atoms with E-state index in [9.17, 15) is 0 Å². The lowest BCUT2D eigenvalue weighted by molar-refractivity contribution is 0.794. The number of aromatic nitrogens is 1. The Balaban J connectivity index is 0.000000135. The van der Waals surface area contributed by atoms with Crippen LogP contribution in [0.1, 0.15) is 44.9 Å². The topological polar surface area (TPSA) is 4.93 Å². The molecule has 0 aliphatic heterocycles. The van der Waals surface area contributed by atoms with E-state index >= 15 is 0 Å². The fourth-order valence-corrected chi connectivity index (χ4v) is 23.4. The molecule has 1 atom stereocenters. The SMILES string of the molecule is c1ccc(-c2ccc(-c3c4ccccc4c(-c4ccc(-n5c6ccc7ccccc7c6c6c7cc8ccccc8cc7ccc65)cc4)c4ccccc34)cc2)cc1.c1ccc2c(c1)-c1ccccc1C21c2ccccc2-c2c(-c3c4ccccc4c(-c4ccc(C5c6ccc7ccccc7c6-c6c5ccc5cc7ccccc7cc65)cc4)c4ccccc34)cccc21. The highest BCUT2D eigenvalue weighted by atomic mass is 15.0. The van der Waals surface area contributed by atoms with Crippen LogP contribution in [0.25, 0.3) is 224 Å². The van der Waals surface area contributed by atoms with Crippen molar-refractivity contribution < 1.29 is 0 Å². The first kappa shape index (κ1) is 71.3. The minimum absolute atomic E-state index is 0.112. The second-order valence-electron chi connectivity index (χ2n) is 34.9. The van der Waals surface area contributed by atoms with Crippen LogP contribution < -0.4 is 0 Å². The minimum atomic E-state index is -0.405. The van der Waals surface area contributed by atoms with Gasteiger partial charge in [0.1, 0.15) is 0 Å². The van der Waals surface area contributed by atoms with E-state index in [-0.39, 0.29) is 5.92 Å². The van der Waals surface area contributed by atoms with Crippen LogP contribution in [0.5, 0.6) is 0 Å². The van der Waals surface area contributed by atoms with Gasteiger partial charge >= 0.3 is 0 Å². The van der Waals surface area contributed by atoms with Gasteiger partial charge in [-0.15, -0.1) is 0 Å². The van der Waals surface area contributed by atoms with Crippen molar-refractivity contribution in [3.8, 4) is 94.7 Å². The quantitative estimate of drug-likeness (QED) is 0.140. The molecule has 0 N–H and O–H groups in total. The van der Waals surface area contributed by atoms with Gasteiger partial charge in [-0.1, -0.05) is 413 Å². The molecule has 127 heavy (non-hydrogen) atoms. The Hall–Kier alpha value is -16.3. The first-order valence-corrected chi connectivity index (χ1v) is 44.5. The van der Waals surface area contributed by atoms with Gasteiger partial charge in [0.05, 0.1) is 16.4 Å². The predicted molar refractivity (Wildman–Crippen MR) is 539 cm³/mol. The smallest absolute Gasteiger partial charge is 0.0725 e. The molecular formula is C126H77N. The van der Waals surface area contributed by atoms with Crippen molar-refractivity contribution in [2.24, 2.45) is 0 Å². The number of hydrogen-bond acceptors (Lipinski definition) is 0. The summed E-state index contributed by atoms with van der Waals surface area (Å²) in [6, 6.07) is 173. The number of rotatable bonds is 7. The summed E-state index contributed by atoms with van der Waals surface area (Å²) in [6.07, 6.45) is 0. The summed E-state index contributed by atoms with van der Waals surface area (Å²) in [5.41, 5.74) is 33.3. The van der Waals surface area contributed by atoms with Gasteiger partial charge in [-0.25, -0.2) is 0 Å². The molecule has 1 spiro atoms. The zero-order chi connectivity index (χ0) is 83.1. The van der Waals surface area contributed by atoms with Gasteiger partial charge in [0.25, 0.3) is 0 Å². The van der Waals surface area contributed by atoms with Gasteiger partial charge in [0.15, 0.2) is 0 Å². The minimum Gasteiger partial charge on any atom is -0.309 e. The number of fused-ring (bicyclic) bond motifs is 30. The Morgan fingerprint density at radius 1 is 0.173 bits per heavy atom. The van der Waals surface area contributed by atoms with Gasteiger partial charge in [-0.05, 0) is 284 Å². The molecular weight excluding hydrogens is 1530 g/mol. The first-order chi connectivity index (χ1) is 63.0. The van der Waals surface area contributed by atoms with Gasteiger partial charge < -0.3 is 4.57 Å².